The van der Waals surface area contributed by atoms with Crippen molar-refractivity contribution in [3.05, 3.63) is 187 Å². The van der Waals surface area contributed by atoms with Crippen LogP contribution in [0.4, 0.5) is 17.1 Å². The highest BCUT2D eigenvalue weighted by molar-refractivity contribution is 7.25. The van der Waals surface area contributed by atoms with Gasteiger partial charge in [-0.3, -0.25) is 0 Å². The van der Waals surface area contributed by atoms with Crippen LogP contribution in [0.2, 0.25) is 0 Å². The van der Waals surface area contributed by atoms with E-state index in [1.807, 2.05) is 11.3 Å². The Kier molecular flexibility index (Phi) is 7.19. The number of anilines is 3. The highest BCUT2D eigenvalue weighted by atomic mass is 32.1. The minimum absolute atomic E-state index is 0.0615. The van der Waals surface area contributed by atoms with Gasteiger partial charge in [0, 0.05) is 54.6 Å². The number of para-hydroxylation sites is 1. The molecule has 8 aromatic rings. The number of nitrogens with zero attached hydrogens (tertiary/aromatic N) is 1. The Morgan fingerprint density at radius 2 is 1.33 bits per heavy atom. The van der Waals surface area contributed by atoms with E-state index in [-0.39, 0.29) is 11.5 Å². The summed E-state index contributed by atoms with van der Waals surface area (Å²) in [5.41, 5.74) is 10.8. The lowest BCUT2D eigenvalue weighted by Gasteiger charge is -2.28. The van der Waals surface area contributed by atoms with Crippen LogP contribution in [-0.4, -0.2) is 6.10 Å². The molecule has 0 aliphatic heterocycles. The molecule has 2 aliphatic rings. The normalized spacial score (nSPS) is 15.8. The number of hydrogen-bond acceptors (Lipinski definition) is 3. The van der Waals surface area contributed by atoms with Gasteiger partial charge in [-0.2, -0.15) is 0 Å². The maximum atomic E-state index is 7.06. The second-order valence-electron chi connectivity index (χ2n) is 14.5. The summed E-state index contributed by atoms with van der Waals surface area (Å²) < 4.78 is 9.68. The van der Waals surface area contributed by atoms with Gasteiger partial charge in [-0.05, 0) is 99.3 Å². The first-order chi connectivity index (χ1) is 25.5. The topological polar surface area (TPSA) is 12.5 Å². The summed E-state index contributed by atoms with van der Waals surface area (Å²) in [7, 11) is 0. The van der Waals surface area contributed by atoms with Crippen molar-refractivity contribution in [2.24, 2.45) is 0 Å². The van der Waals surface area contributed by atoms with Crippen LogP contribution in [0.5, 0.6) is 5.75 Å². The van der Waals surface area contributed by atoms with Crippen molar-refractivity contribution >= 4 is 64.9 Å². The van der Waals surface area contributed by atoms with E-state index in [9.17, 15) is 0 Å². The lowest BCUT2D eigenvalue weighted by molar-refractivity contribution is 0.255. The molecule has 1 unspecified atom stereocenters. The third-order valence-corrected chi connectivity index (χ3v) is 12.1. The lowest BCUT2D eigenvalue weighted by atomic mass is 9.80. The quantitative estimate of drug-likeness (QED) is 0.173. The van der Waals surface area contributed by atoms with Gasteiger partial charge in [0.25, 0.3) is 0 Å². The Hall–Kier alpha value is -5.90. The van der Waals surface area contributed by atoms with Crippen LogP contribution in [0.25, 0.3) is 47.6 Å². The van der Waals surface area contributed by atoms with Crippen LogP contribution in [0.3, 0.4) is 0 Å². The molecule has 0 fully saturated rings. The zero-order valence-electron chi connectivity index (χ0n) is 29.2. The van der Waals surface area contributed by atoms with Gasteiger partial charge in [0.15, 0.2) is 0 Å². The third kappa shape index (κ3) is 4.99. The molecule has 0 saturated heterocycles. The molecule has 52 heavy (non-hydrogen) atoms. The first-order valence-corrected chi connectivity index (χ1v) is 18.9. The molecule has 2 aliphatic carbocycles. The van der Waals surface area contributed by atoms with Crippen molar-refractivity contribution in [1.82, 2.24) is 0 Å². The van der Waals surface area contributed by atoms with Crippen molar-refractivity contribution in [3.8, 4) is 16.9 Å². The van der Waals surface area contributed by atoms with Crippen molar-refractivity contribution in [2.75, 3.05) is 4.90 Å². The van der Waals surface area contributed by atoms with Crippen LogP contribution in [0.1, 0.15) is 37.0 Å². The fraction of sp³-hybridized carbons (Fsp3) is 0.102. The van der Waals surface area contributed by atoms with Crippen molar-refractivity contribution in [1.29, 1.82) is 0 Å². The van der Waals surface area contributed by atoms with E-state index in [0.717, 1.165) is 29.2 Å². The summed E-state index contributed by atoms with van der Waals surface area (Å²) in [4.78, 5) is 2.41. The monoisotopic (exact) mass is 687 g/mol. The van der Waals surface area contributed by atoms with E-state index in [0.29, 0.717) is 0 Å². The van der Waals surface area contributed by atoms with Gasteiger partial charge in [0.1, 0.15) is 11.9 Å². The van der Waals surface area contributed by atoms with Crippen molar-refractivity contribution in [3.63, 3.8) is 0 Å². The fourth-order valence-electron chi connectivity index (χ4n) is 8.51. The number of fused-ring (bicyclic) bond motifs is 8. The molecule has 0 bridgehead atoms. The highest BCUT2D eigenvalue weighted by Gasteiger charge is 2.40. The van der Waals surface area contributed by atoms with Crippen LogP contribution < -0.4 is 9.64 Å². The predicted octanol–water partition coefficient (Wildman–Crippen LogP) is 13.8. The molecule has 1 aromatic heterocycles. The molecule has 1 atom stereocenters. The van der Waals surface area contributed by atoms with Crippen LogP contribution >= 0.6 is 11.3 Å². The van der Waals surface area contributed by atoms with Gasteiger partial charge in [-0.15, -0.1) is 11.3 Å². The molecule has 0 saturated carbocycles. The van der Waals surface area contributed by atoms with E-state index in [4.69, 9.17) is 4.74 Å². The molecule has 250 valence electrons. The van der Waals surface area contributed by atoms with Gasteiger partial charge in [0.2, 0.25) is 0 Å². The summed E-state index contributed by atoms with van der Waals surface area (Å²) >= 11 is 1.86. The van der Waals surface area contributed by atoms with E-state index in [1.165, 1.54) is 64.3 Å². The smallest absolute Gasteiger partial charge is 0.129 e. The largest absolute Gasteiger partial charge is 0.485 e. The molecular formula is C49H37NOS. The van der Waals surface area contributed by atoms with Gasteiger partial charge in [-0.25, -0.2) is 0 Å². The lowest BCUT2D eigenvalue weighted by Crippen LogP contribution is -2.18. The Labute approximate surface area is 308 Å². The summed E-state index contributed by atoms with van der Waals surface area (Å²) in [6, 6.07) is 55.2. The maximum absolute atomic E-state index is 7.06. The fourth-order valence-corrected chi connectivity index (χ4v) is 9.60. The first-order valence-electron chi connectivity index (χ1n) is 18.1. The standard InChI is InChI=1S/C49H37NOS/c1-49(2)43-31-37(50(35-18-7-4-8-19-35)36-25-27-46-42(30-36)40-22-11-12-23-45(40)52-46)24-26-41(43)47-44(29-34-16-9-10-21-39(34)48(47)49)51-38-20-13-17-33(28-38)32-14-5-3-6-15-32/h3-27,29-31,38H,28H2,1-2H3. The van der Waals surface area contributed by atoms with E-state index in [1.54, 1.807) is 0 Å². The zero-order valence-corrected chi connectivity index (χ0v) is 30.0. The Morgan fingerprint density at radius 1 is 0.635 bits per heavy atom. The number of thiophene rings is 1. The Balaban J connectivity index is 1.11. The Morgan fingerprint density at radius 3 is 2.17 bits per heavy atom. The minimum Gasteiger partial charge on any atom is -0.485 e. The van der Waals surface area contributed by atoms with E-state index < -0.39 is 0 Å². The van der Waals surface area contributed by atoms with Gasteiger partial charge >= 0.3 is 0 Å². The maximum Gasteiger partial charge on any atom is 0.129 e. The van der Waals surface area contributed by atoms with E-state index in [2.05, 4.69) is 189 Å². The first kappa shape index (κ1) is 30.9. The average molecular weight is 688 g/mol. The number of allylic oxidation sites excluding steroid dienone is 2. The van der Waals surface area contributed by atoms with Crippen LogP contribution in [0, 0.1) is 0 Å². The molecule has 0 N–H and O–H groups in total. The number of benzene rings is 7. The second-order valence-corrected chi connectivity index (χ2v) is 15.5. The van der Waals surface area contributed by atoms with Crippen LogP contribution in [0.15, 0.2) is 170 Å². The molecule has 3 heteroatoms. The van der Waals surface area contributed by atoms with E-state index >= 15 is 0 Å². The minimum atomic E-state index is -0.257. The molecule has 1 heterocycles. The molecule has 0 radical (unpaired) electrons. The number of hydrogen-bond donors (Lipinski definition) is 0. The van der Waals surface area contributed by atoms with Gasteiger partial charge in [0.05, 0.1) is 0 Å². The number of ether oxygens (including phenoxy) is 1. The summed E-state index contributed by atoms with van der Waals surface area (Å²) in [5.74, 6) is 0.951. The van der Waals surface area contributed by atoms with Crippen LogP contribution in [-0.2, 0) is 5.41 Å². The third-order valence-electron chi connectivity index (χ3n) is 10.9. The molecular weight excluding hydrogens is 651 g/mol. The summed E-state index contributed by atoms with van der Waals surface area (Å²) in [5, 5.41) is 5.09. The molecule has 10 rings (SSSR count). The summed E-state index contributed by atoms with van der Waals surface area (Å²) in [6.07, 6.45) is 7.33. The SMILES string of the molecule is CC1(C)c2cc(N(c3ccccc3)c3ccc4sc5ccccc5c4c3)ccc2-c2c(OC3C=CC=C(c4ccccc4)C3)cc3ccccc3c21. The van der Waals surface area contributed by atoms with Gasteiger partial charge < -0.3 is 9.64 Å². The molecule has 7 aromatic carbocycles. The zero-order chi connectivity index (χ0) is 34.8. The second kappa shape index (κ2) is 12.1. The van der Waals surface area contributed by atoms with Crippen molar-refractivity contribution in [2.45, 2.75) is 31.8 Å². The number of rotatable bonds is 6. The molecule has 2 nitrogen and oxygen atoms in total. The predicted molar refractivity (Wildman–Crippen MR) is 222 cm³/mol. The average Bonchev–Trinajstić information content (AvgIpc) is 3.67. The Bertz CT molecular complexity index is 2720. The molecule has 0 spiro atoms. The van der Waals surface area contributed by atoms with Crippen molar-refractivity contribution < 1.29 is 4.74 Å². The highest BCUT2D eigenvalue weighted by Crippen LogP contribution is 2.56. The summed E-state index contributed by atoms with van der Waals surface area (Å²) in [6.45, 7) is 4.76. The molecule has 0 amide bonds. The van der Waals surface area contributed by atoms with Gasteiger partial charge in [-0.1, -0.05) is 123 Å².